The van der Waals surface area contributed by atoms with Crippen LogP contribution >= 0.6 is 15.9 Å². The van der Waals surface area contributed by atoms with Crippen LogP contribution in [-0.2, 0) is 10.0 Å². The SMILES string of the molecule is CCCCC#CCN(CCBr)S(=O)(=O)c1ccc(C)cc1. The fourth-order valence-electron chi connectivity index (χ4n) is 1.74. The number of nitrogens with zero attached hydrogens (tertiary/aromatic N) is 1. The summed E-state index contributed by atoms with van der Waals surface area (Å²) < 4.78 is 26.6. The molecular weight excluding hydrogens is 350 g/mol. The van der Waals surface area contributed by atoms with Gasteiger partial charge in [-0.05, 0) is 25.5 Å². The lowest BCUT2D eigenvalue weighted by Crippen LogP contribution is -2.33. The molecule has 5 heteroatoms. The number of rotatable bonds is 7. The molecule has 0 aromatic heterocycles. The lowest BCUT2D eigenvalue weighted by Gasteiger charge is -2.18. The molecular formula is C16H22BrNO2S. The van der Waals surface area contributed by atoms with Gasteiger partial charge in [-0.15, -0.1) is 5.92 Å². The number of halogens is 1. The van der Waals surface area contributed by atoms with Crippen molar-refractivity contribution in [2.75, 3.05) is 18.4 Å². The first kappa shape index (κ1) is 18.2. The molecule has 0 radical (unpaired) electrons. The summed E-state index contributed by atoms with van der Waals surface area (Å²) in [7, 11) is -3.47. The summed E-state index contributed by atoms with van der Waals surface area (Å²) >= 11 is 3.31. The Bertz CT molecular complexity index is 585. The van der Waals surface area contributed by atoms with Crippen molar-refractivity contribution < 1.29 is 8.42 Å². The van der Waals surface area contributed by atoms with Gasteiger partial charge in [-0.25, -0.2) is 8.42 Å². The van der Waals surface area contributed by atoms with E-state index in [0.717, 1.165) is 24.8 Å². The zero-order chi connectivity index (χ0) is 15.7. The molecule has 0 amide bonds. The third kappa shape index (κ3) is 5.82. The fourth-order valence-corrected chi connectivity index (χ4v) is 3.74. The first-order valence-corrected chi connectivity index (χ1v) is 9.67. The smallest absolute Gasteiger partial charge is 0.207 e. The maximum atomic E-state index is 12.6. The fraction of sp³-hybridized carbons (Fsp3) is 0.500. The van der Waals surface area contributed by atoms with Crippen molar-refractivity contribution in [3.63, 3.8) is 0 Å². The molecule has 3 nitrogen and oxygen atoms in total. The summed E-state index contributed by atoms with van der Waals surface area (Å²) in [5.41, 5.74) is 1.04. The molecule has 0 aliphatic heterocycles. The number of aryl methyl sites for hydroxylation is 1. The maximum absolute atomic E-state index is 12.6. The van der Waals surface area contributed by atoms with E-state index in [-0.39, 0.29) is 6.54 Å². The molecule has 0 aliphatic rings. The van der Waals surface area contributed by atoms with Gasteiger partial charge in [-0.1, -0.05) is 52.9 Å². The van der Waals surface area contributed by atoms with Crippen molar-refractivity contribution in [2.45, 2.75) is 38.0 Å². The molecule has 0 N–H and O–H groups in total. The monoisotopic (exact) mass is 371 g/mol. The van der Waals surface area contributed by atoms with Gasteiger partial charge in [0, 0.05) is 18.3 Å². The van der Waals surface area contributed by atoms with Gasteiger partial charge in [-0.3, -0.25) is 0 Å². The van der Waals surface area contributed by atoms with E-state index < -0.39 is 10.0 Å². The first-order chi connectivity index (χ1) is 10.0. The Hall–Kier alpha value is -0.830. The van der Waals surface area contributed by atoms with Crippen LogP contribution in [-0.4, -0.2) is 31.1 Å². The van der Waals surface area contributed by atoms with E-state index in [9.17, 15) is 8.42 Å². The second-order valence-electron chi connectivity index (χ2n) is 4.80. The Morgan fingerprint density at radius 1 is 1.19 bits per heavy atom. The highest BCUT2D eigenvalue weighted by atomic mass is 79.9. The molecule has 0 heterocycles. The minimum atomic E-state index is -3.47. The molecule has 21 heavy (non-hydrogen) atoms. The largest absolute Gasteiger partial charge is 0.243 e. The number of benzene rings is 1. The average Bonchev–Trinajstić information content (AvgIpc) is 2.46. The summed E-state index contributed by atoms with van der Waals surface area (Å²) in [5.74, 6) is 6.00. The molecule has 0 aliphatic carbocycles. The predicted molar refractivity (Wildman–Crippen MR) is 91.0 cm³/mol. The molecule has 0 bridgehead atoms. The van der Waals surface area contributed by atoms with Crippen LogP contribution in [0, 0.1) is 18.8 Å². The number of hydrogen-bond donors (Lipinski definition) is 0. The van der Waals surface area contributed by atoms with E-state index in [1.54, 1.807) is 12.1 Å². The van der Waals surface area contributed by atoms with Crippen molar-refractivity contribution in [2.24, 2.45) is 0 Å². The molecule has 0 unspecified atom stereocenters. The zero-order valence-electron chi connectivity index (χ0n) is 12.6. The molecule has 1 aromatic carbocycles. The minimum Gasteiger partial charge on any atom is -0.207 e. The topological polar surface area (TPSA) is 37.4 Å². The maximum Gasteiger partial charge on any atom is 0.243 e. The molecule has 0 fully saturated rings. The Kier molecular flexibility index (Phi) is 8.02. The third-order valence-corrected chi connectivity index (χ3v) is 5.24. The number of sulfonamides is 1. The minimum absolute atomic E-state index is 0.242. The van der Waals surface area contributed by atoms with Crippen LogP contribution < -0.4 is 0 Å². The zero-order valence-corrected chi connectivity index (χ0v) is 15.0. The number of hydrogen-bond acceptors (Lipinski definition) is 2. The van der Waals surface area contributed by atoms with Gasteiger partial charge in [0.1, 0.15) is 0 Å². The molecule has 0 saturated heterocycles. The highest BCUT2D eigenvalue weighted by molar-refractivity contribution is 9.09. The summed E-state index contributed by atoms with van der Waals surface area (Å²) in [6.07, 6.45) is 2.97. The summed E-state index contributed by atoms with van der Waals surface area (Å²) in [4.78, 5) is 0.324. The second kappa shape index (κ2) is 9.24. The van der Waals surface area contributed by atoms with Crippen molar-refractivity contribution in [1.82, 2.24) is 4.31 Å². The van der Waals surface area contributed by atoms with Crippen LogP contribution in [0.3, 0.4) is 0 Å². The van der Waals surface area contributed by atoms with Gasteiger partial charge in [0.05, 0.1) is 11.4 Å². The molecule has 0 atom stereocenters. The van der Waals surface area contributed by atoms with Crippen LogP contribution in [0.5, 0.6) is 0 Å². The lowest BCUT2D eigenvalue weighted by atomic mass is 10.2. The van der Waals surface area contributed by atoms with E-state index in [1.807, 2.05) is 19.1 Å². The van der Waals surface area contributed by atoms with Gasteiger partial charge in [-0.2, -0.15) is 4.31 Å². The van der Waals surface area contributed by atoms with Crippen molar-refractivity contribution in [1.29, 1.82) is 0 Å². The molecule has 0 spiro atoms. The van der Waals surface area contributed by atoms with Crippen LogP contribution in [0.15, 0.2) is 29.2 Å². The normalized spacial score (nSPS) is 11.2. The average molecular weight is 372 g/mol. The highest BCUT2D eigenvalue weighted by Crippen LogP contribution is 2.16. The van der Waals surface area contributed by atoms with Gasteiger partial charge in [0.2, 0.25) is 10.0 Å². The van der Waals surface area contributed by atoms with Crippen LogP contribution in [0.1, 0.15) is 31.7 Å². The second-order valence-corrected chi connectivity index (χ2v) is 7.53. The van der Waals surface area contributed by atoms with Gasteiger partial charge in [0.25, 0.3) is 0 Å². The van der Waals surface area contributed by atoms with E-state index in [2.05, 4.69) is 34.7 Å². The van der Waals surface area contributed by atoms with Gasteiger partial charge in [0.15, 0.2) is 0 Å². The van der Waals surface area contributed by atoms with Gasteiger partial charge >= 0.3 is 0 Å². The van der Waals surface area contributed by atoms with Crippen LogP contribution in [0.4, 0.5) is 0 Å². The highest BCUT2D eigenvalue weighted by Gasteiger charge is 2.22. The molecule has 116 valence electrons. The Labute approximate surface area is 136 Å². The van der Waals surface area contributed by atoms with Gasteiger partial charge < -0.3 is 0 Å². The molecule has 0 saturated carbocycles. The van der Waals surface area contributed by atoms with Crippen molar-refractivity contribution >= 4 is 26.0 Å². The Morgan fingerprint density at radius 3 is 2.43 bits per heavy atom. The van der Waals surface area contributed by atoms with E-state index in [4.69, 9.17) is 0 Å². The summed E-state index contributed by atoms with van der Waals surface area (Å²) in [5, 5.41) is 0.592. The summed E-state index contributed by atoms with van der Waals surface area (Å²) in [6.45, 7) is 4.71. The van der Waals surface area contributed by atoms with Crippen LogP contribution in [0.2, 0.25) is 0 Å². The quantitative estimate of drug-likeness (QED) is 0.417. The third-order valence-electron chi connectivity index (χ3n) is 3.03. The van der Waals surface area contributed by atoms with E-state index in [0.29, 0.717) is 16.8 Å². The standard InChI is InChI=1S/C16H22BrNO2S/c1-3-4-5-6-7-13-18(14-12-17)21(19,20)16-10-8-15(2)9-11-16/h8-11H,3-5,12-14H2,1-2H3. The predicted octanol–water partition coefficient (Wildman–Crippen LogP) is 3.57. The number of alkyl halides is 1. The van der Waals surface area contributed by atoms with E-state index in [1.165, 1.54) is 4.31 Å². The Morgan fingerprint density at radius 2 is 1.86 bits per heavy atom. The first-order valence-electron chi connectivity index (χ1n) is 7.11. The van der Waals surface area contributed by atoms with E-state index >= 15 is 0 Å². The lowest BCUT2D eigenvalue weighted by molar-refractivity contribution is 0.467. The number of unbranched alkanes of at least 4 members (excludes halogenated alkanes) is 2. The van der Waals surface area contributed by atoms with Crippen molar-refractivity contribution in [3.8, 4) is 11.8 Å². The van der Waals surface area contributed by atoms with Crippen molar-refractivity contribution in [3.05, 3.63) is 29.8 Å². The Balaban J connectivity index is 2.86. The molecule has 1 aromatic rings. The summed E-state index contributed by atoms with van der Waals surface area (Å²) in [6, 6.07) is 6.92. The van der Waals surface area contributed by atoms with Crippen LogP contribution in [0.25, 0.3) is 0 Å². The molecule has 1 rings (SSSR count).